The first kappa shape index (κ1) is 13.4. The van der Waals surface area contributed by atoms with Crippen LogP contribution in [0.4, 0.5) is 0 Å². The Morgan fingerprint density at radius 2 is 2.05 bits per heavy atom. The van der Waals surface area contributed by atoms with Crippen LogP contribution in [0.5, 0.6) is 0 Å². The lowest BCUT2D eigenvalue weighted by molar-refractivity contribution is -0.163. The zero-order valence-corrected chi connectivity index (χ0v) is 12.8. The topological polar surface area (TPSA) is 78.1 Å². The zero-order valence-electron chi connectivity index (χ0n) is 12.8. The molecule has 2 aliphatic rings. The fourth-order valence-electron chi connectivity index (χ4n) is 3.72. The maximum absolute atomic E-state index is 12.3. The van der Waals surface area contributed by atoms with Crippen LogP contribution in [0.15, 0.2) is 29.0 Å². The van der Waals surface area contributed by atoms with Crippen LogP contribution in [-0.2, 0) is 15.1 Å². The molecule has 1 saturated carbocycles. The lowest BCUT2D eigenvalue weighted by Gasteiger charge is -2.33. The summed E-state index contributed by atoms with van der Waals surface area (Å²) in [5.41, 5.74) is -0.949. The first-order valence-corrected chi connectivity index (χ1v) is 7.39. The Kier molecular flexibility index (Phi) is 2.40. The number of aromatic nitrogens is 3. The summed E-state index contributed by atoms with van der Waals surface area (Å²) in [7, 11) is 0. The van der Waals surface area contributed by atoms with Crippen LogP contribution in [0.3, 0.4) is 0 Å². The van der Waals surface area contributed by atoms with Gasteiger partial charge in [0.2, 0.25) is 5.82 Å². The van der Waals surface area contributed by atoms with Gasteiger partial charge in [-0.15, -0.1) is 0 Å². The van der Waals surface area contributed by atoms with E-state index in [1.807, 2.05) is 32.9 Å². The van der Waals surface area contributed by atoms with Gasteiger partial charge < -0.3 is 9.26 Å². The number of hydrogen-bond acceptors (Lipinski definition) is 6. The highest BCUT2D eigenvalue weighted by molar-refractivity contribution is 5.82. The zero-order chi connectivity index (χ0) is 15.6. The van der Waals surface area contributed by atoms with Gasteiger partial charge in [-0.3, -0.25) is 9.78 Å². The van der Waals surface area contributed by atoms with Crippen molar-refractivity contribution < 1.29 is 14.1 Å². The van der Waals surface area contributed by atoms with Crippen LogP contribution in [0.25, 0.3) is 11.4 Å². The van der Waals surface area contributed by atoms with E-state index in [4.69, 9.17) is 9.26 Å². The maximum Gasteiger partial charge on any atom is 0.313 e. The highest BCUT2D eigenvalue weighted by Crippen LogP contribution is 2.69. The van der Waals surface area contributed by atoms with Crippen molar-refractivity contribution in [3.63, 3.8) is 0 Å². The van der Waals surface area contributed by atoms with E-state index < -0.39 is 16.4 Å². The van der Waals surface area contributed by atoms with E-state index in [1.165, 1.54) is 0 Å². The van der Waals surface area contributed by atoms with Gasteiger partial charge in [0.1, 0.15) is 0 Å². The van der Waals surface area contributed by atoms with Gasteiger partial charge in [-0.05, 0) is 31.9 Å². The van der Waals surface area contributed by atoms with Crippen LogP contribution in [-0.4, -0.2) is 21.1 Å². The van der Waals surface area contributed by atoms with Gasteiger partial charge in [-0.25, -0.2) is 0 Å². The van der Waals surface area contributed by atoms with Crippen LogP contribution in [0.2, 0.25) is 0 Å². The molecule has 0 radical (unpaired) electrons. The largest absolute Gasteiger partial charge is 0.448 e. The summed E-state index contributed by atoms with van der Waals surface area (Å²) in [6.45, 7) is 6.04. The second kappa shape index (κ2) is 3.94. The number of hydrogen-bond donors (Lipinski definition) is 0. The molecule has 114 valence electrons. The predicted octanol–water partition coefficient (Wildman–Crippen LogP) is 2.71. The first-order valence-electron chi connectivity index (χ1n) is 7.39. The molecule has 1 unspecified atom stereocenters. The predicted molar refractivity (Wildman–Crippen MR) is 76.4 cm³/mol. The summed E-state index contributed by atoms with van der Waals surface area (Å²) < 4.78 is 11.2. The average Bonchev–Trinajstić information content (AvgIpc) is 3.11. The molecule has 0 spiro atoms. The Hall–Kier alpha value is -2.24. The fourth-order valence-corrected chi connectivity index (χ4v) is 3.72. The van der Waals surface area contributed by atoms with Gasteiger partial charge >= 0.3 is 5.97 Å². The molecule has 4 rings (SSSR count). The van der Waals surface area contributed by atoms with Crippen molar-refractivity contribution in [1.82, 2.24) is 15.1 Å². The minimum atomic E-state index is -0.827. The Balaban J connectivity index is 1.81. The second-order valence-corrected chi connectivity index (χ2v) is 6.84. The molecule has 2 aromatic heterocycles. The normalized spacial score (nSPS) is 32.2. The van der Waals surface area contributed by atoms with E-state index in [1.54, 1.807) is 12.4 Å². The van der Waals surface area contributed by atoms with Crippen molar-refractivity contribution in [3.8, 4) is 11.4 Å². The maximum atomic E-state index is 12.3. The van der Waals surface area contributed by atoms with Crippen molar-refractivity contribution in [2.75, 3.05) is 0 Å². The smallest absolute Gasteiger partial charge is 0.313 e. The quantitative estimate of drug-likeness (QED) is 0.793. The number of rotatable bonds is 2. The number of ether oxygens (including phenoxy) is 1. The van der Waals surface area contributed by atoms with Crippen molar-refractivity contribution in [3.05, 3.63) is 30.4 Å². The van der Waals surface area contributed by atoms with E-state index in [0.29, 0.717) is 18.1 Å². The van der Waals surface area contributed by atoms with Crippen LogP contribution < -0.4 is 0 Å². The SMILES string of the molecule is CC1(C)C2(c3nc(-c4cccnc4)no3)CC[C@@]1(C)C(=O)O2. The minimum absolute atomic E-state index is 0.176. The van der Waals surface area contributed by atoms with Gasteiger partial charge in [0.25, 0.3) is 5.89 Å². The number of nitrogens with zero attached hydrogens (tertiary/aromatic N) is 3. The molecule has 2 fully saturated rings. The number of fused-ring (bicyclic) bond motifs is 2. The van der Waals surface area contributed by atoms with Gasteiger partial charge in [0.05, 0.1) is 5.41 Å². The van der Waals surface area contributed by atoms with Gasteiger partial charge in [0, 0.05) is 23.4 Å². The third-order valence-corrected chi connectivity index (χ3v) is 5.77. The highest BCUT2D eigenvalue weighted by atomic mass is 16.6. The van der Waals surface area contributed by atoms with Gasteiger partial charge in [-0.2, -0.15) is 4.98 Å². The van der Waals surface area contributed by atoms with Crippen molar-refractivity contribution in [2.24, 2.45) is 10.8 Å². The van der Waals surface area contributed by atoms with Crippen molar-refractivity contribution in [2.45, 2.75) is 39.2 Å². The lowest BCUT2D eigenvalue weighted by Crippen LogP contribution is -2.38. The van der Waals surface area contributed by atoms with E-state index in [9.17, 15) is 4.79 Å². The first-order chi connectivity index (χ1) is 10.4. The van der Waals surface area contributed by atoms with E-state index >= 15 is 0 Å². The standard InChI is InChI=1S/C16H17N3O3/c1-14(2)15(3)6-7-16(14,21-13(15)20)12-18-11(19-22-12)10-5-4-8-17-9-10/h4-5,8-9H,6-7H2,1-3H3/t15-,16?/m0/s1. The van der Waals surface area contributed by atoms with Crippen molar-refractivity contribution in [1.29, 1.82) is 0 Å². The number of esters is 1. The molecule has 2 aromatic rings. The number of pyridine rings is 1. The molecule has 0 N–H and O–H groups in total. The van der Waals surface area contributed by atoms with Crippen LogP contribution >= 0.6 is 0 Å². The summed E-state index contributed by atoms with van der Waals surface area (Å²) in [6.07, 6.45) is 4.84. The molecular weight excluding hydrogens is 282 g/mol. The molecule has 6 heteroatoms. The molecule has 3 heterocycles. The lowest BCUT2D eigenvalue weighted by atomic mass is 9.66. The molecule has 0 amide bonds. The van der Waals surface area contributed by atoms with E-state index in [2.05, 4.69) is 15.1 Å². The van der Waals surface area contributed by atoms with E-state index in [0.717, 1.165) is 12.0 Å². The van der Waals surface area contributed by atoms with E-state index in [-0.39, 0.29) is 5.97 Å². The molecule has 1 aliphatic carbocycles. The van der Waals surface area contributed by atoms with Crippen LogP contribution in [0.1, 0.15) is 39.5 Å². The Morgan fingerprint density at radius 1 is 1.23 bits per heavy atom. The van der Waals surface area contributed by atoms with Gasteiger partial charge in [0.15, 0.2) is 5.60 Å². The molecule has 1 saturated heterocycles. The Labute approximate surface area is 127 Å². The molecule has 6 nitrogen and oxygen atoms in total. The van der Waals surface area contributed by atoms with Crippen LogP contribution in [0, 0.1) is 10.8 Å². The monoisotopic (exact) mass is 299 g/mol. The highest BCUT2D eigenvalue weighted by Gasteiger charge is 2.75. The minimum Gasteiger partial charge on any atom is -0.448 e. The van der Waals surface area contributed by atoms with Crippen molar-refractivity contribution >= 4 is 5.97 Å². The number of carbonyl (C=O) groups excluding carboxylic acids is 1. The summed E-state index contributed by atoms with van der Waals surface area (Å²) in [4.78, 5) is 20.9. The fraction of sp³-hybridized carbons (Fsp3) is 0.500. The third-order valence-electron chi connectivity index (χ3n) is 5.77. The summed E-state index contributed by atoms with van der Waals surface area (Å²) in [6, 6.07) is 3.68. The third kappa shape index (κ3) is 1.35. The molecule has 2 bridgehead atoms. The Bertz CT molecular complexity index is 755. The molecule has 1 aliphatic heterocycles. The summed E-state index contributed by atoms with van der Waals surface area (Å²) in [5, 5.41) is 4.04. The Morgan fingerprint density at radius 3 is 2.64 bits per heavy atom. The molecule has 0 aromatic carbocycles. The van der Waals surface area contributed by atoms with Gasteiger partial charge in [-0.1, -0.05) is 19.0 Å². The second-order valence-electron chi connectivity index (χ2n) is 6.84. The molecular formula is C16H17N3O3. The molecule has 2 atom stereocenters. The number of carbonyl (C=O) groups is 1. The summed E-state index contributed by atoms with van der Waals surface area (Å²) >= 11 is 0. The average molecular weight is 299 g/mol. The molecule has 22 heavy (non-hydrogen) atoms. The summed E-state index contributed by atoms with van der Waals surface area (Å²) in [5.74, 6) is 0.667.